The number of rotatable bonds is 1. The molecule has 1 aliphatic rings. The number of hydrogen-bond acceptors (Lipinski definition) is 3. The third-order valence-electron chi connectivity index (χ3n) is 2.57. The van der Waals surface area contributed by atoms with E-state index in [4.69, 9.17) is 5.26 Å². The van der Waals surface area contributed by atoms with Crippen molar-refractivity contribution in [2.24, 2.45) is 5.92 Å². The van der Waals surface area contributed by atoms with Gasteiger partial charge in [-0.1, -0.05) is 26.0 Å². The van der Waals surface area contributed by atoms with Crippen LogP contribution in [0.4, 0.5) is 5.69 Å². The number of allylic oxidation sites excluding steroid dienone is 1. The van der Waals surface area contributed by atoms with Crippen molar-refractivity contribution < 1.29 is 0 Å². The van der Waals surface area contributed by atoms with E-state index in [-0.39, 0.29) is 0 Å². The summed E-state index contributed by atoms with van der Waals surface area (Å²) in [5.41, 5.74) is 3.03. The van der Waals surface area contributed by atoms with Crippen LogP contribution in [-0.4, -0.2) is 5.75 Å². The molecular formula is C13H14N2S. The molecule has 82 valence electrons. The Morgan fingerprint density at radius 1 is 1.38 bits per heavy atom. The lowest BCUT2D eigenvalue weighted by molar-refractivity contribution is 0.767. The number of para-hydroxylation sites is 1. The summed E-state index contributed by atoms with van der Waals surface area (Å²) in [5.74, 6) is 1.11. The fraction of sp³-hybridized carbons (Fsp3) is 0.308. The molecule has 0 aromatic heterocycles. The Kier molecular flexibility index (Phi) is 3.21. The Hall–Kier alpha value is -1.40. The van der Waals surface area contributed by atoms with Gasteiger partial charge in [-0.2, -0.15) is 5.26 Å². The van der Waals surface area contributed by atoms with Gasteiger partial charge in [-0.25, -0.2) is 0 Å². The third-order valence-corrected chi connectivity index (χ3v) is 3.67. The maximum atomic E-state index is 9.15. The number of benzene rings is 1. The molecule has 0 aliphatic carbocycles. The van der Waals surface area contributed by atoms with E-state index in [2.05, 4.69) is 37.4 Å². The van der Waals surface area contributed by atoms with Gasteiger partial charge in [0, 0.05) is 16.3 Å². The fourth-order valence-corrected chi connectivity index (χ4v) is 2.70. The summed E-state index contributed by atoms with van der Waals surface area (Å²) in [6.07, 6.45) is 0. The Balaban J connectivity index is 2.43. The summed E-state index contributed by atoms with van der Waals surface area (Å²) < 4.78 is 0. The van der Waals surface area contributed by atoms with Crippen molar-refractivity contribution in [3.8, 4) is 6.07 Å². The van der Waals surface area contributed by atoms with Crippen LogP contribution in [0.1, 0.15) is 13.8 Å². The van der Waals surface area contributed by atoms with Gasteiger partial charge in [0.05, 0.1) is 17.3 Å². The van der Waals surface area contributed by atoms with Crippen LogP contribution in [0.3, 0.4) is 0 Å². The Labute approximate surface area is 100 Å². The minimum atomic E-state index is 0.349. The van der Waals surface area contributed by atoms with Crippen LogP contribution in [0.25, 0.3) is 0 Å². The predicted molar refractivity (Wildman–Crippen MR) is 68.3 cm³/mol. The first-order valence-electron chi connectivity index (χ1n) is 5.34. The zero-order valence-corrected chi connectivity index (χ0v) is 10.3. The second-order valence-electron chi connectivity index (χ2n) is 4.07. The molecule has 1 heterocycles. The molecule has 1 aromatic rings. The Morgan fingerprint density at radius 2 is 2.12 bits per heavy atom. The van der Waals surface area contributed by atoms with Crippen molar-refractivity contribution in [3.63, 3.8) is 0 Å². The molecule has 0 spiro atoms. The van der Waals surface area contributed by atoms with Crippen LogP contribution in [0.5, 0.6) is 0 Å². The monoisotopic (exact) mass is 230 g/mol. The molecule has 0 saturated carbocycles. The minimum Gasteiger partial charge on any atom is -0.357 e. The fourth-order valence-electron chi connectivity index (χ4n) is 1.73. The van der Waals surface area contributed by atoms with E-state index in [1.165, 1.54) is 4.90 Å². The van der Waals surface area contributed by atoms with E-state index < -0.39 is 0 Å². The molecule has 0 amide bonds. The molecule has 0 unspecified atom stereocenters. The molecule has 0 saturated heterocycles. The molecule has 1 aromatic carbocycles. The molecule has 0 atom stereocenters. The van der Waals surface area contributed by atoms with Crippen LogP contribution in [0, 0.1) is 17.2 Å². The molecule has 3 heteroatoms. The summed E-state index contributed by atoms with van der Waals surface area (Å²) >= 11 is 1.72. The van der Waals surface area contributed by atoms with Crippen LogP contribution in [0.2, 0.25) is 0 Å². The average molecular weight is 230 g/mol. The molecule has 0 bridgehead atoms. The van der Waals surface area contributed by atoms with Gasteiger partial charge in [0.15, 0.2) is 0 Å². The van der Waals surface area contributed by atoms with Crippen molar-refractivity contribution in [1.29, 1.82) is 5.26 Å². The number of nitriles is 1. The number of thioether (sulfide) groups is 1. The molecule has 2 nitrogen and oxygen atoms in total. The molecule has 0 fully saturated rings. The molecule has 1 aliphatic heterocycles. The van der Waals surface area contributed by atoms with E-state index in [0.29, 0.717) is 5.92 Å². The highest BCUT2D eigenvalue weighted by molar-refractivity contribution is 7.99. The summed E-state index contributed by atoms with van der Waals surface area (Å²) in [7, 11) is 0. The normalized spacial score (nSPS) is 15.1. The SMILES string of the molecule is CC(C)C1=C(C#N)CSc2ccccc2N1. The second kappa shape index (κ2) is 4.63. The lowest BCUT2D eigenvalue weighted by Crippen LogP contribution is -2.09. The van der Waals surface area contributed by atoms with Crippen LogP contribution in [-0.2, 0) is 0 Å². The van der Waals surface area contributed by atoms with Gasteiger partial charge in [-0.3, -0.25) is 0 Å². The number of fused-ring (bicyclic) bond motifs is 1. The zero-order valence-electron chi connectivity index (χ0n) is 9.45. The molecule has 2 rings (SSSR count). The van der Waals surface area contributed by atoms with Gasteiger partial charge in [0.25, 0.3) is 0 Å². The Morgan fingerprint density at radius 3 is 2.81 bits per heavy atom. The predicted octanol–water partition coefficient (Wildman–Crippen LogP) is 3.64. The zero-order chi connectivity index (χ0) is 11.5. The topological polar surface area (TPSA) is 35.8 Å². The first-order chi connectivity index (χ1) is 7.72. The number of anilines is 1. The van der Waals surface area contributed by atoms with Crippen molar-refractivity contribution in [1.82, 2.24) is 0 Å². The van der Waals surface area contributed by atoms with Crippen LogP contribution >= 0.6 is 11.8 Å². The minimum absolute atomic E-state index is 0.349. The quantitative estimate of drug-likeness (QED) is 0.800. The average Bonchev–Trinajstić information content (AvgIpc) is 2.47. The summed E-state index contributed by atoms with van der Waals surface area (Å²) in [6.45, 7) is 4.22. The third kappa shape index (κ3) is 2.07. The second-order valence-corrected chi connectivity index (χ2v) is 5.09. The number of hydrogen-bond donors (Lipinski definition) is 1. The van der Waals surface area contributed by atoms with Gasteiger partial charge in [-0.05, 0) is 18.1 Å². The van der Waals surface area contributed by atoms with Gasteiger partial charge < -0.3 is 5.32 Å². The summed E-state index contributed by atoms with van der Waals surface area (Å²) in [5, 5.41) is 12.5. The lowest BCUT2D eigenvalue weighted by atomic mass is 10.1. The van der Waals surface area contributed by atoms with Crippen molar-refractivity contribution >= 4 is 17.4 Å². The maximum absolute atomic E-state index is 9.15. The van der Waals surface area contributed by atoms with E-state index >= 15 is 0 Å². The van der Waals surface area contributed by atoms with E-state index in [9.17, 15) is 0 Å². The van der Waals surface area contributed by atoms with Crippen molar-refractivity contribution in [2.45, 2.75) is 18.7 Å². The van der Waals surface area contributed by atoms with Crippen LogP contribution in [0.15, 0.2) is 40.4 Å². The largest absolute Gasteiger partial charge is 0.357 e. The molecular weight excluding hydrogens is 216 g/mol. The van der Waals surface area contributed by atoms with Gasteiger partial charge in [0.1, 0.15) is 0 Å². The smallest absolute Gasteiger partial charge is 0.0974 e. The highest BCUT2D eigenvalue weighted by Crippen LogP contribution is 2.34. The maximum Gasteiger partial charge on any atom is 0.0974 e. The first kappa shape index (κ1) is 11.1. The number of nitrogens with one attached hydrogen (secondary N) is 1. The highest BCUT2D eigenvalue weighted by Gasteiger charge is 2.17. The standard InChI is InChI=1S/C13H14N2S/c1-9(2)13-10(7-14)8-16-12-6-4-3-5-11(12)15-13/h3-6,9,15H,8H2,1-2H3. The van der Waals surface area contributed by atoms with Gasteiger partial charge in [-0.15, -0.1) is 11.8 Å². The van der Waals surface area contributed by atoms with Crippen molar-refractivity contribution in [2.75, 3.05) is 11.1 Å². The van der Waals surface area contributed by atoms with Crippen molar-refractivity contribution in [3.05, 3.63) is 35.5 Å². The summed E-state index contributed by atoms with van der Waals surface area (Å²) in [4.78, 5) is 1.21. The van der Waals surface area contributed by atoms with E-state index in [1.807, 2.05) is 12.1 Å². The molecule has 1 N–H and O–H groups in total. The molecule has 16 heavy (non-hydrogen) atoms. The van der Waals surface area contributed by atoms with E-state index in [1.54, 1.807) is 11.8 Å². The van der Waals surface area contributed by atoms with Gasteiger partial charge in [0.2, 0.25) is 0 Å². The lowest BCUT2D eigenvalue weighted by Gasteiger charge is -2.14. The first-order valence-corrected chi connectivity index (χ1v) is 6.33. The number of nitrogens with zero attached hydrogens (tertiary/aromatic N) is 1. The van der Waals surface area contributed by atoms with Gasteiger partial charge >= 0.3 is 0 Å². The highest BCUT2D eigenvalue weighted by atomic mass is 32.2. The summed E-state index contributed by atoms with van der Waals surface area (Å²) in [6, 6.07) is 10.5. The van der Waals surface area contributed by atoms with Crippen LogP contribution < -0.4 is 5.32 Å². The Bertz CT molecular complexity index is 469. The van der Waals surface area contributed by atoms with E-state index in [0.717, 1.165) is 22.7 Å². The molecule has 0 radical (unpaired) electrons.